The van der Waals surface area contributed by atoms with Gasteiger partial charge >= 0.3 is 6.09 Å². The Hall–Kier alpha value is -3.25. The van der Waals surface area contributed by atoms with Gasteiger partial charge in [0.15, 0.2) is 23.9 Å². The molecule has 0 spiro atoms. The van der Waals surface area contributed by atoms with Gasteiger partial charge in [-0.2, -0.15) is 10.2 Å². The minimum absolute atomic E-state index is 0.0323. The third-order valence-corrected chi connectivity index (χ3v) is 6.07. The number of ether oxygens (including phenoxy) is 2. The highest BCUT2D eigenvalue weighted by Gasteiger charge is 2.42. The second-order valence-electron chi connectivity index (χ2n) is 8.97. The van der Waals surface area contributed by atoms with Crippen molar-refractivity contribution in [1.29, 1.82) is 0 Å². The van der Waals surface area contributed by atoms with Gasteiger partial charge in [0.2, 0.25) is 0 Å². The number of nitrogens with zero attached hydrogens (tertiary/aromatic N) is 4. The van der Waals surface area contributed by atoms with E-state index in [-0.39, 0.29) is 12.6 Å². The third kappa shape index (κ3) is 4.68. The number of piperidine rings is 1. The minimum Gasteiger partial charge on any atom is -0.441 e. The van der Waals surface area contributed by atoms with Crippen LogP contribution >= 0.6 is 0 Å². The number of amides is 1. The maximum absolute atomic E-state index is 15.0. The molecule has 0 radical (unpaired) electrons. The van der Waals surface area contributed by atoms with Crippen molar-refractivity contribution < 1.29 is 18.7 Å². The summed E-state index contributed by atoms with van der Waals surface area (Å²) in [6.07, 6.45) is 1.64. The van der Waals surface area contributed by atoms with Crippen molar-refractivity contribution >= 4 is 23.2 Å². The minimum atomic E-state index is -1.52. The van der Waals surface area contributed by atoms with E-state index in [0.717, 1.165) is 37.1 Å². The molecule has 3 aromatic rings. The number of aromatic nitrogens is 5. The molecule has 5 rings (SSSR count). The van der Waals surface area contributed by atoms with Gasteiger partial charge in [0.25, 0.3) is 0 Å². The van der Waals surface area contributed by atoms with Crippen LogP contribution in [0, 0.1) is 0 Å². The fourth-order valence-corrected chi connectivity index (χ4v) is 4.36. The molecule has 2 aliphatic rings. The SMILES string of the molecule is CC(C)NC(=O)O[C@@H]1CO[C@H](c2cc(Nc3nc(C4CCNCC4)cn4nccc34)n[nH]2)[C@H]1F. The first-order chi connectivity index (χ1) is 16.5. The first-order valence-corrected chi connectivity index (χ1v) is 11.6. The van der Waals surface area contributed by atoms with Gasteiger partial charge in [0, 0.05) is 18.0 Å². The van der Waals surface area contributed by atoms with E-state index >= 15 is 0 Å². The first-order valence-electron chi connectivity index (χ1n) is 11.6. The number of nitrogens with one attached hydrogen (secondary N) is 4. The van der Waals surface area contributed by atoms with Crippen LogP contribution in [0.15, 0.2) is 24.5 Å². The Kier molecular flexibility index (Phi) is 6.33. The lowest BCUT2D eigenvalue weighted by molar-refractivity contribution is 0.0615. The maximum Gasteiger partial charge on any atom is 0.407 e. The van der Waals surface area contributed by atoms with Crippen LogP contribution in [0.5, 0.6) is 0 Å². The molecule has 2 aliphatic heterocycles. The summed E-state index contributed by atoms with van der Waals surface area (Å²) < 4.78 is 27.5. The summed E-state index contributed by atoms with van der Waals surface area (Å²) in [6, 6.07) is 3.45. The van der Waals surface area contributed by atoms with Crippen molar-refractivity contribution in [3.05, 3.63) is 35.9 Å². The summed E-state index contributed by atoms with van der Waals surface area (Å²) in [5.41, 5.74) is 2.23. The molecular weight excluding hydrogens is 443 g/mol. The number of anilines is 2. The fraction of sp³-hybridized carbons (Fsp3) is 0.545. The van der Waals surface area contributed by atoms with Crippen molar-refractivity contribution in [2.75, 3.05) is 25.0 Å². The molecule has 3 aromatic heterocycles. The zero-order valence-electron chi connectivity index (χ0n) is 19.1. The number of hydrogen-bond donors (Lipinski definition) is 4. The number of halogens is 1. The van der Waals surface area contributed by atoms with E-state index in [1.807, 2.05) is 16.8 Å². The van der Waals surface area contributed by atoms with Gasteiger partial charge in [-0.1, -0.05) is 0 Å². The predicted octanol–water partition coefficient (Wildman–Crippen LogP) is 2.58. The first kappa shape index (κ1) is 22.5. The summed E-state index contributed by atoms with van der Waals surface area (Å²) in [5, 5.41) is 20.7. The zero-order valence-corrected chi connectivity index (χ0v) is 19.1. The van der Waals surface area contributed by atoms with Crippen molar-refractivity contribution in [2.24, 2.45) is 0 Å². The molecule has 0 unspecified atom stereocenters. The van der Waals surface area contributed by atoms with Crippen LogP contribution in [0.25, 0.3) is 5.52 Å². The molecule has 12 heteroatoms. The van der Waals surface area contributed by atoms with Gasteiger partial charge < -0.3 is 25.4 Å². The number of carbonyl (C=O) groups is 1. The Balaban J connectivity index is 1.30. The van der Waals surface area contributed by atoms with Crippen molar-refractivity contribution in [2.45, 2.75) is 57.0 Å². The van der Waals surface area contributed by atoms with E-state index in [0.29, 0.717) is 23.2 Å². The number of alkyl halides is 1. The number of hydrogen-bond acceptors (Lipinski definition) is 8. The van der Waals surface area contributed by atoms with Gasteiger partial charge in [0.05, 0.1) is 30.4 Å². The summed E-state index contributed by atoms with van der Waals surface area (Å²) in [7, 11) is 0. The van der Waals surface area contributed by atoms with E-state index in [4.69, 9.17) is 14.5 Å². The molecule has 4 N–H and O–H groups in total. The molecule has 34 heavy (non-hydrogen) atoms. The van der Waals surface area contributed by atoms with Crippen molar-refractivity contribution in [1.82, 2.24) is 35.4 Å². The molecule has 182 valence electrons. The van der Waals surface area contributed by atoms with E-state index in [1.54, 1.807) is 26.1 Å². The molecule has 2 saturated heterocycles. The van der Waals surface area contributed by atoms with Crippen molar-refractivity contribution in [3.8, 4) is 0 Å². The number of carbonyl (C=O) groups excluding carboxylic acids is 1. The lowest BCUT2D eigenvalue weighted by Gasteiger charge is -2.22. The highest BCUT2D eigenvalue weighted by molar-refractivity contribution is 5.72. The van der Waals surface area contributed by atoms with Crippen LogP contribution in [0.4, 0.5) is 20.8 Å². The zero-order chi connectivity index (χ0) is 23.7. The Morgan fingerprint density at radius 3 is 2.97 bits per heavy atom. The average Bonchev–Trinajstić information content (AvgIpc) is 3.55. The highest BCUT2D eigenvalue weighted by Crippen LogP contribution is 2.34. The number of alkyl carbamates (subject to hydrolysis) is 1. The summed E-state index contributed by atoms with van der Waals surface area (Å²) in [5.74, 6) is 1.46. The van der Waals surface area contributed by atoms with Gasteiger partial charge in [-0.15, -0.1) is 0 Å². The maximum atomic E-state index is 15.0. The molecule has 11 nitrogen and oxygen atoms in total. The van der Waals surface area contributed by atoms with Crippen LogP contribution < -0.4 is 16.0 Å². The molecule has 0 aromatic carbocycles. The van der Waals surface area contributed by atoms with Crippen LogP contribution in [-0.4, -0.2) is 68.9 Å². The Labute approximate surface area is 195 Å². The summed E-state index contributed by atoms with van der Waals surface area (Å²) in [4.78, 5) is 16.7. The summed E-state index contributed by atoms with van der Waals surface area (Å²) in [6.45, 7) is 5.50. The largest absolute Gasteiger partial charge is 0.441 e. The third-order valence-electron chi connectivity index (χ3n) is 6.07. The average molecular weight is 473 g/mol. The van der Waals surface area contributed by atoms with E-state index in [9.17, 15) is 9.18 Å². The Morgan fingerprint density at radius 2 is 2.18 bits per heavy atom. The van der Waals surface area contributed by atoms with Gasteiger partial charge in [-0.05, 0) is 45.8 Å². The topological polar surface area (TPSA) is 130 Å². The summed E-state index contributed by atoms with van der Waals surface area (Å²) >= 11 is 0. The molecule has 3 atom stereocenters. The highest BCUT2D eigenvalue weighted by atomic mass is 19.1. The lowest BCUT2D eigenvalue weighted by Crippen LogP contribution is -2.36. The second-order valence-corrected chi connectivity index (χ2v) is 8.97. The Bertz CT molecular complexity index is 1140. The van der Waals surface area contributed by atoms with Crippen LogP contribution in [0.1, 0.15) is 50.1 Å². The quantitative estimate of drug-likeness (QED) is 0.431. The number of fused-ring (bicyclic) bond motifs is 1. The molecule has 5 heterocycles. The monoisotopic (exact) mass is 472 g/mol. The predicted molar refractivity (Wildman–Crippen MR) is 122 cm³/mol. The Morgan fingerprint density at radius 1 is 1.35 bits per heavy atom. The molecular formula is C22H29FN8O3. The van der Waals surface area contributed by atoms with E-state index < -0.39 is 24.5 Å². The molecule has 0 bridgehead atoms. The lowest BCUT2D eigenvalue weighted by atomic mass is 9.95. The number of aromatic amines is 1. The van der Waals surface area contributed by atoms with Gasteiger partial charge in [-0.3, -0.25) is 5.10 Å². The van der Waals surface area contributed by atoms with Crippen LogP contribution in [0.2, 0.25) is 0 Å². The molecule has 0 aliphatic carbocycles. The van der Waals surface area contributed by atoms with Gasteiger partial charge in [-0.25, -0.2) is 18.7 Å². The molecule has 1 amide bonds. The van der Waals surface area contributed by atoms with Crippen LogP contribution in [-0.2, 0) is 9.47 Å². The van der Waals surface area contributed by atoms with E-state index in [1.165, 1.54) is 0 Å². The number of H-pyrrole nitrogens is 1. The standard InChI is InChI=1S/C22H29FN8O3/c1-12(2)26-22(32)34-17-11-33-20(19(17)23)14-9-18(30-29-14)28-21-16-5-8-25-31(16)10-15(27-21)13-3-6-24-7-4-13/h5,8-10,12-13,17,19-20,24H,3-4,6-7,11H2,1-2H3,(H,26,32)(H2,27,28,29,30)/t17-,19+,20-/m1/s1. The van der Waals surface area contributed by atoms with E-state index in [2.05, 4.69) is 31.2 Å². The van der Waals surface area contributed by atoms with Gasteiger partial charge in [0.1, 0.15) is 11.6 Å². The smallest absolute Gasteiger partial charge is 0.407 e. The fourth-order valence-electron chi connectivity index (χ4n) is 4.36. The van der Waals surface area contributed by atoms with Crippen LogP contribution in [0.3, 0.4) is 0 Å². The molecule has 2 fully saturated rings. The normalized spacial score (nSPS) is 23.5. The second kappa shape index (κ2) is 9.55. The molecule has 0 saturated carbocycles. The van der Waals surface area contributed by atoms with Crippen molar-refractivity contribution in [3.63, 3.8) is 0 Å². The number of rotatable bonds is 6.